The Morgan fingerprint density at radius 3 is 2.80 bits per heavy atom. The number of hydrogen-bond acceptors (Lipinski definition) is 6. The molecule has 0 fully saturated rings. The van der Waals surface area contributed by atoms with Crippen LogP contribution in [0.1, 0.15) is 54.6 Å². The molecular weight excluding hydrogens is 457 g/mol. The van der Waals surface area contributed by atoms with Crippen molar-refractivity contribution in [2.45, 2.75) is 38.3 Å². The van der Waals surface area contributed by atoms with Crippen LogP contribution in [0.15, 0.2) is 47.7 Å². The third-order valence-corrected chi connectivity index (χ3v) is 6.00. The van der Waals surface area contributed by atoms with Crippen LogP contribution in [0.4, 0.5) is 13.2 Å². The standard InChI is InChI=1S/C25H27F3N6O/c1-15(2)16-5-6-22-19(11-16)18(8-10-35-22)13-34(4)14-21(29-3)20-12-17(7-9-30-20)23-24(25(26,27)28)32-33-31-23/h5-7,9,11-12,14-15,18H,3,8,10,13H2,1-2,4H3,(H,31,32,33)/b21-14-/t18-/m0/s1. The number of hydrogen-bond donors (Lipinski definition) is 1. The molecule has 3 aromatic rings. The summed E-state index contributed by atoms with van der Waals surface area (Å²) in [6.45, 7) is 9.31. The molecule has 0 saturated heterocycles. The Labute approximate surface area is 201 Å². The highest BCUT2D eigenvalue weighted by Gasteiger charge is 2.38. The van der Waals surface area contributed by atoms with Crippen LogP contribution in [0.2, 0.25) is 0 Å². The van der Waals surface area contributed by atoms with Gasteiger partial charge in [0, 0.05) is 37.5 Å². The van der Waals surface area contributed by atoms with E-state index in [4.69, 9.17) is 4.74 Å². The van der Waals surface area contributed by atoms with Gasteiger partial charge in [-0.25, -0.2) is 0 Å². The van der Waals surface area contributed by atoms with Crippen molar-refractivity contribution in [1.82, 2.24) is 25.3 Å². The van der Waals surface area contributed by atoms with Gasteiger partial charge in [0.2, 0.25) is 0 Å². The van der Waals surface area contributed by atoms with E-state index in [9.17, 15) is 13.2 Å². The normalized spacial score (nSPS) is 16.1. The number of H-pyrrole nitrogens is 1. The van der Waals surface area contributed by atoms with Gasteiger partial charge in [-0.1, -0.05) is 26.0 Å². The lowest BCUT2D eigenvalue weighted by molar-refractivity contribution is -0.140. The molecule has 0 saturated carbocycles. The molecule has 0 amide bonds. The number of aliphatic imine (C=N–C) groups is 1. The Morgan fingerprint density at radius 2 is 2.09 bits per heavy atom. The summed E-state index contributed by atoms with van der Waals surface area (Å²) in [5, 5.41) is 9.00. The fraction of sp³-hybridized carbons (Fsp3) is 0.360. The van der Waals surface area contributed by atoms with Crippen molar-refractivity contribution in [3.8, 4) is 17.0 Å². The first-order valence-electron chi connectivity index (χ1n) is 11.3. The quantitative estimate of drug-likeness (QED) is 0.448. The third kappa shape index (κ3) is 5.36. The van der Waals surface area contributed by atoms with Gasteiger partial charge in [0.05, 0.1) is 12.3 Å². The van der Waals surface area contributed by atoms with E-state index in [-0.39, 0.29) is 17.2 Å². The summed E-state index contributed by atoms with van der Waals surface area (Å²) < 4.78 is 45.7. The van der Waals surface area contributed by atoms with E-state index < -0.39 is 11.9 Å². The Morgan fingerprint density at radius 1 is 1.29 bits per heavy atom. The molecule has 1 aliphatic heterocycles. The van der Waals surface area contributed by atoms with E-state index in [0.717, 1.165) is 12.2 Å². The smallest absolute Gasteiger partial charge is 0.437 e. The second-order valence-electron chi connectivity index (χ2n) is 8.85. The van der Waals surface area contributed by atoms with Crippen molar-refractivity contribution in [3.05, 3.63) is 65.2 Å². The average molecular weight is 485 g/mol. The number of ether oxygens (including phenoxy) is 1. The highest BCUT2D eigenvalue weighted by molar-refractivity contribution is 5.70. The topological polar surface area (TPSA) is 79.3 Å². The molecule has 1 N–H and O–H groups in total. The van der Waals surface area contributed by atoms with Crippen molar-refractivity contribution < 1.29 is 17.9 Å². The van der Waals surface area contributed by atoms with Gasteiger partial charge >= 0.3 is 6.18 Å². The van der Waals surface area contributed by atoms with Crippen molar-refractivity contribution in [2.75, 3.05) is 20.2 Å². The maximum Gasteiger partial charge on any atom is 0.437 e. The van der Waals surface area contributed by atoms with Crippen LogP contribution in [0.25, 0.3) is 17.0 Å². The SMILES string of the molecule is C=N/C(=C\N(C)C[C@@H]1CCOc2ccc(C(C)C)cc21)c1cc(-c2n[nH]nc2C(F)(F)F)ccn1. The molecule has 3 heterocycles. The molecule has 7 nitrogen and oxygen atoms in total. The molecule has 4 rings (SSSR count). The lowest BCUT2D eigenvalue weighted by Gasteiger charge is -2.30. The van der Waals surface area contributed by atoms with Crippen molar-refractivity contribution in [1.29, 1.82) is 0 Å². The number of rotatable bonds is 7. The van der Waals surface area contributed by atoms with Crippen LogP contribution < -0.4 is 4.74 Å². The Bertz CT molecular complexity index is 1230. The summed E-state index contributed by atoms with van der Waals surface area (Å²) in [6.07, 6.45) is -0.533. The number of nitrogens with one attached hydrogen (secondary N) is 1. The zero-order chi connectivity index (χ0) is 25.2. The third-order valence-electron chi connectivity index (χ3n) is 6.00. The summed E-state index contributed by atoms with van der Waals surface area (Å²) in [5.41, 5.74) is 2.12. The molecule has 1 atom stereocenters. The van der Waals surface area contributed by atoms with E-state index in [1.807, 2.05) is 18.0 Å². The summed E-state index contributed by atoms with van der Waals surface area (Å²) in [4.78, 5) is 10.4. The summed E-state index contributed by atoms with van der Waals surface area (Å²) in [6, 6.07) is 9.31. The molecule has 184 valence electrons. The second-order valence-corrected chi connectivity index (χ2v) is 8.85. The molecule has 35 heavy (non-hydrogen) atoms. The van der Waals surface area contributed by atoms with Crippen molar-refractivity contribution >= 4 is 12.4 Å². The van der Waals surface area contributed by atoms with E-state index in [2.05, 4.69) is 58.1 Å². The Kier molecular flexibility index (Phi) is 6.90. The number of halogens is 3. The van der Waals surface area contributed by atoms with Gasteiger partial charge in [-0.15, -0.1) is 0 Å². The van der Waals surface area contributed by atoms with Gasteiger partial charge in [0.15, 0.2) is 5.69 Å². The van der Waals surface area contributed by atoms with Gasteiger partial charge in [-0.3, -0.25) is 9.98 Å². The first kappa shape index (κ1) is 24.4. The molecule has 0 aliphatic carbocycles. The molecule has 0 spiro atoms. The minimum Gasteiger partial charge on any atom is -0.493 e. The minimum absolute atomic E-state index is 0.229. The van der Waals surface area contributed by atoms with Gasteiger partial charge in [-0.05, 0) is 48.4 Å². The zero-order valence-electron chi connectivity index (χ0n) is 19.8. The number of aromatic amines is 1. The van der Waals surface area contributed by atoms with E-state index in [1.54, 1.807) is 6.20 Å². The fourth-order valence-corrected chi connectivity index (χ4v) is 4.18. The average Bonchev–Trinajstić information content (AvgIpc) is 3.33. The van der Waals surface area contributed by atoms with Crippen molar-refractivity contribution in [2.24, 2.45) is 4.99 Å². The van der Waals surface area contributed by atoms with Crippen LogP contribution in [0.5, 0.6) is 5.75 Å². The summed E-state index contributed by atoms with van der Waals surface area (Å²) in [5.74, 6) is 1.58. The lowest BCUT2D eigenvalue weighted by Crippen LogP contribution is -2.25. The molecule has 2 aromatic heterocycles. The van der Waals surface area contributed by atoms with E-state index >= 15 is 0 Å². The highest BCUT2D eigenvalue weighted by atomic mass is 19.4. The van der Waals surface area contributed by atoms with Gasteiger partial charge < -0.3 is 9.64 Å². The first-order valence-corrected chi connectivity index (χ1v) is 11.3. The number of alkyl halides is 3. The number of fused-ring (bicyclic) bond motifs is 1. The number of aromatic nitrogens is 4. The van der Waals surface area contributed by atoms with Gasteiger partial charge in [0.25, 0.3) is 0 Å². The Balaban J connectivity index is 1.58. The van der Waals surface area contributed by atoms with Crippen LogP contribution >= 0.6 is 0 Å². The number of benzene rings is 1. The van der Waals surface area contributed by atoms with Crippen LogP contribution in [-0.4, -0.2) is 52.2 Å². The van der Waals surface area contributed by atoms with Gasteiger partial charge in [-0.2, -0.15) is 28.6 Å². The molecule has 0 radical (unpaired) electrons. The molecule has 0 bridgehead atoms. The highest BCUT2D eigenvalue weighted by Crippen LogP contribution is 2.37. The molecule has 1 aromatic carbocycles. The number of pyridine rings is 1. The minimum atomic E-state index is -4.63. The van der Waals surface area contributed by atoms with Crippen LogP contribution in [0.3, 0.4) is 0 Å². The first-order chi connectivity index (χ1) is 16.7. The van der Waals surface area contributed by atoms with Crippen molar-refractivity contribution in [3.63, 3.8) is 0 Å². The predicted octanol–water partition coefficient (Wildman–Crippen LogP) is 5.51. The fourth-order valence-electron chi connectivity index (χ4n) is 4.18. The number of nitrogens with zero attached hydrogens (tertiary/aromatic N) is 5. The zero-order valence-corrected chi connectivity index (χ0v) is 19.8. The van der Waals surface area contributed by atoms with Crippen LogP contribution in [0, 0.1) is 0 Å². The molecule has 0 unspecified atom stereocenters. The maximum atomic E-state index is 13.3. The van der Waals surface area contributed by atoms with E-state index in [1.165, 1.54) is 29.5 Å². The summed E-state index contributed by atoms with van der Waals surface area (Å²) >= 11 is 0. The summed E-state index contributed by atoms with van der Waals surface area (Å²) in [7, 11) is 1.93. The van der Waals surface area contributed by atoms with Crippen LogP contribution in [-0.2, 0) is 6.18 Å². The largest absolute Gasteiger partial charge is 0.493 e. The molecule has 1 aliphatic rings. The Hall–Kier alpha value is -3.69. The predicted molar refractivity (Wildman–Crippen MR) is 128 cm³/mol. The van der Waals surface area contributed by atoms with Gasteiger partial charge in [0.1, 0.15) is 17.1 Å². The molecule has 10 heteroatoms. The molecular formula is C25H27F3N6O. The number of likely N-dealkylation sites (N-methyl/N-ethyl adjacent to an activating group) is 1. The monoisotopic (exact) mass is 484 g/mol. The van der Waals surface area contributed by atoms with E-state index in [0.29, 0.717) is 30.5 Å². The lowest BCUT2D eigenvalue weighted by atomic mass is 9.89. The maximum absolute atomic E-state index is 13.3. The second kappa shape index (κ2) is 9.89.